The summed E-state index contributed by atoms with van der Waals surface area (Å²) in [6.45, 7) is 10.8. The first-order valence-corrected chi connectivity index (χ1v) is 9.67. The van der Waals surface area contributed by atoms with Crippen molar-refractivity contribution in [2.45, 2.75) is 41.0 Å². The van der Waals surface area contributed by atoms with Crippen LogP contribution in [0.15, 0.2) is 29.2 Å². The van der Waals surface area contributed by atoms with E-state index in [1.165, 1.54) is 16.0 Å². The second-order valence-corrected chi connectivity index (χ2v) is 7.76. The van der Waals surface area contributed by atoms with Gasteiger partial charge in [0.2, 0.25) is 0 Å². The molecule has 1 aliphatic heterocycles. The number of nitrogens with zero attached hydrogens (tertiary/aromatic N) is 2. The minimum Gasteiger partial charge on any atom is -0.318 e. The highest BCUT2D eigenvalue weighted by atomic mass is 32.2. The van der Waals surface area contributed by atoms with Gasteiger partial charge in [0.05, 0.1) is 4.91 Å². The van der Waals surface area contributed by atoms with Gasteiger partial charge in [-0.2, -0.15) is 0 Å². The van der Waals surface area contributed by atoms with E-state index in [0.717, 1.165) is 40.8 Å². The van der Waals surface area contributed by atoms with Crippen molar-refractivity contribution in [2.24, 2.45) is 0 Å². The van der Waals surface area contributed by atoms with Crippen LogP contribution in [0.3, 0.4) is 0 Å². The number of hydrogen-bond donors (Lipinski definition) is 0. The Hall–Kier alpha value is -2.27. The third kappa shape index (κ3) is 3.23. The Morgan fingerprint density at radius 1 is 1.04 bits per heavy atom. The number of carbonyl (C=O) groups excluding carboxylic acids is 2. The van der Waals surface area contributed by atoms with Crippen LogP contribution in [0, 0.1) is 27.7 Å². The Kier molecular flexibility index (Phi) is 5.10. The topological polar surface area (TPSA) is 42.3 Å². The van der Waals surface area contributed by atoms with Gasteiger partial charge < -0.3 is 4.57 Å². The number of imide groups is 1. The van der Waals surface area contributed by atoms with Gasteiger partial charge in [-0.1, -0.05) is 13.0 Å². The van der Waals surface area contributed by atoms with Gasteiger partial charge in [0.1, 0.15) is 0 Å². The first-order chi connectivity index (χ1) is 12.3. The molecule has 1 aromatic carbocycles. The van der Waals surface area contributed by atoms with E-state index in [4.69, 9.17) is 0 Å². The van der Waals surface area contributed by atoms with Gasteiger partial charge in [-0.15, -0.1) is 0 Å². The van der Waals surface area contributed by atoms with Crippen LogP contribution < -0.4 is 0 Å². The summed E-state index contributed by atoms with van der Waals surface area (Å²) in [5.41, 5.74) is 6.76. The third-order valence-electron chi connectivity index (χ3n) is 4.83. The lowest BCUT2D eigenvalue weighted by molar-refractivity contribution is -0.122. The lowest BCUT2D eigenvalue weighted by Crippen LogP contribution is -2.28. The molecule has 2 amide bonds. The molecule has 3 rings (SSSR count). The fraction of sp³-hybridized carbons (Fsp3) is 0.333. The lowest BCUT2D eigenvalue weighted by Gasteiger charge is -2.12. The zero-order chi connectivity index (χ0) is 19.0. The summed E-state index contributed by atoms with van der Waals surface area (Å²) in [6.07, 6.45) is 2.62. The molecule has 0 saturated carbocycles. The number of rotatable bonds is 4. The maximum Gasteiger partial charge on any atom is 0.293 e. The van der Waals surface area contributed by atoms with E-state index in [2.05, 4.69) is 49.6 Å². The maximum atomic E-state index is 12.5. The lowest BCUT2D eigenvalue weighted by atomic mass is 10.1. The summed E-state index contributed by atoms with van der Waals surface area (Å²) in [5, 5.41) is -0.175. The quantitative estimate of drug-likeness (QED) is 0.700. The molecule has 1 saturated heterocycles. The predicted octanol–water partition coefficient (Wildman–Crippen LogP) is 5.16. The fourth-order valence-corrected chi connectivity index (χ4v) is 4.11. The fourth-order valence-electron chi connectivity index (χ4n) is 3.25. The Morgan fingerprint density at radius 2 is 1.77 bits per heavy atom. The summed E-state index contributed by atoms with van der Waals surface area (Å²) in [6, 6.07) is 8.48. The van der Waals surface area contributed by atoms with Crippen molar-refractivity contribution in [1.29, 1.82) is 0 Å². The van der Waals surface area contributed by atoms with Gasteiger partial charge in [0, 0.05) is 23.6 Å². The van der Waals surface area contributed by atoms with Crippen LogP contribution in [0.5, 0.6) is 0 Å². The Bertz CT molecular complexity index is 924. The van der Waals surface area contributed by atoms with Gasteiger partial charge in [0.15, 0.2) is 0 Å². The predicted molar refractivity (Wildman–Crippen MR) is 108 cm³/mol. The Morgan fingerprint density at radius 3 is 2.42 bits per heavy atom. The van der Waals surface area contributed by atoms with E-state index in [1.807, 2.05) is 19.9 Å². The minimum atomic E-state index is -0.183. The largest absolute Gasteiger partial charge is 0.318 e. The summed E-state index contributed by atoms with van der Waals surface area (Å²) >= 11 is 1.03. The zero-order valence-electron chi connectivity index (χ0n) is 15.9. The normalized spacial score (nSPS) is 16.2. The van der Waals surface area contributed by atoms with E-state index in [-0.39, 0.29) is 11.1 Å². The smallest absolute Gasteiger partial charge is 0.293 e. The summed E-state index contributed by atoms with van der Waals surface area (Å²) < 4.78 is 2.19. The molecule has 0 unspecified atom stereocenters. The highest BCUT2D eigenvalue weighted by Gasteiger charge is 2.34. The van der Waals surface area contributed by atoms with E-state index in [1.54, 1.807) is 0 Å². The third-order valence-corrected chi connectivity index (χ3v) is 5.73. The van der Waals surface area contributed by atoms with Gasteiger partial charge in [-0.3, -0.25) is 14.5 Å². The number of amides is 2. The number of hydrogen-bond acceptors (Lipinski definition) is 3. The molecule has 1 fully saturated rings. The molecular formula is C21H24N2O2S. The Balaban J connectivity index is 2.00. The molecule has 1 aromatic heterocycles. The van der Waals surface area contributed by atoms with Crippen molar-refractivity contribution in [3.63, 3.8) is 0 Å². The molecule has 136 valence electrons. The molecule has 2 heterocycles. The summed E-state index contributed by atoms with van der Waals surface area (Å²) in [5.74, 6) is -0.183. The maximum absolute atomic E-state index is 12.5. The summed E-state index contributed by atoms with van der Waals surface area (Å²) in [4.78, 5) is 26.4. The van der Waals surface area contributed by atoms with E-state index >= 15 is 0 Å². The number of thioether (sulfide) groups is 1. The number of benzene rings is 1. The molecule has 1 aliphatic rings. The van der Waals surface area contributed by atoms with Crippen molar-refractivity contribution in [3.05, 3.63) is 57.2 Å². The van der Waals surface area contributed by atoms with Crippen LogP contribution in [-0.4, -0.2) is 27.2 Å². The van der Waals surface area contributed by atoms with Crippen LogP contribution in [0.4, 0.5) is 4.79 Å². The molecule has 0 radical (unpaired) electrons. The van der Waals surface area contributed by atoms with Crippen LogP contribution in [0.1, 0.15) is 41.4 Å². The van der Waals surface area contributed by atoms with Crippen LogP contribution in [-0.2, 0) is 4.79 Å². The van der Waals surface area contributed by atoms with Crippen LogP contribution >= 0.6 is 11.8 Å². The molecule has 0 spiro atoms. The Labute approximate surface area is 158 Å². The van der Waals surface area contributed by atoms with Crippen molar-refractivity contribution in [2.75, 3.05) is 6.54 Å². The summed E-state index contributed by atoms with van der Waals surface area (Å²) in [7, 11) is 0. The highest BCUT2D eigenvalue weighted by Crippen LogP contribution is 2.33. The molecule has 0 bridgehead atoms. The van der Waals surface area contributed by atoms with Gasteiger partial charge in [-0.05, 0) is 86.8 Å². The second kappa shape index (κ2) is 7.16. The number of aromatic nitrogens is 1. The first kappa shape index (κ1) is 18.5. The highest BCUT2D eigenvalue weighted by molar-refractivity contribution is 8.18. The average Bonchev–Trinajstić information content (AvgIpc) is 3.01. The van der Waals surface area contributed by atoms with Crippen molar-refractivity contribution in [1.82, 2.24) is 9.47 Å². The average molecular weight is 369 g/mol. The standard InChI is InChI=1S/C21H24N2O2S/c1-6-9-22-20(24)19(26-21(22)25)12-17-11-15(4)23(16(17)5)18-8-7-13(2)14(3)10-18/h7-8,10-12H,6,9H2,1-5H3/b19-12+. The van der Waals surface area contributed by atoms with Crippen molar-refractivity contribution >= 4 is 29.0 Å². The van der Waals surface area contributed by atoms with E-state index in [9.17, 15) is 9.59 Å². The molecular weight excluding hydrogens is 344 g/mol. The minimum absolute atomic E-state index is 0.175. The second-order valence-electron chi connectivity index (χ2n) is 6.76. The van der Waals surface area contributed by atoms with E-state index < -0.39 is 0 Å². The molecule has 0 N–H and O–H groups in total. The number of carbonyl (C=O) groups is 2. The van der Waals surface area contributed by atoms with Crippen LogP contribution in [0.2, 0.25) is 0 Å². The monoisotopic (exact) mass is 368 g/mol. The molecule has 0 atom stereocenters. The number of aryl methyl sites for hydroxylation is 3. The van der Waals surface area contributed by atoms with Gasteiger partial charge in [0.25, 0.3) is 11.1 Å². The van der Waals surface area contributed by atoms with Gasteiger partial charge in [-0.25, -0.2) is 0 Å². The molecule has 0 aliphatic carbocycles. The molecule has 5 heteroatoms. The van der Waals surface area contributed by atoms with Crippen molar-refractivity contribution in [3.8, 4) is 5.69 Å². The first-order valence-electron chi connectivity index (χ1n) is 8.85. The van der Waals surface area contributed by atoms with Gasteiger partial charge >= 0.3 is 0 Å². The van der Waals surface area contributed by atoms with Crippen molar-refractivity contribution < 1.29 is 9.59 Å². The van der Waals surface area contributed by atoms with Crippen LogP contribution in [0.25, 0.3) is 11.8 Å². The molecule has 2 aromatic rings. The zero-order valence-corrected chi connectivity index (χ0v) is 16.7. The molecule has 26 heavy (non-hydrogen) atoms. The van der Waals surface area contributed by atoms with E-state index in [0.29, 0.717) is 11.4 Å². The molecule has 4 nitrogen and oxygen atoms in total. The SMILES string of the molecule is CCCN1C(=O)S/C(=C/c2cc(C)n(-c3ccc(C)c(C)c3)c2C)C1=O.